The molecule has 0 saturated heterocycles. The normalized spacial score (nSPS) is 10.4. The van der Waals surface area contributed by atoms with E-state index in [9.17, 15) is 4.79 Å². The summed E-state index contributed by atoms with van der Waals surface area (Å²) in [5, 5.41) is 4.94. The van der Waals surface area contributed by atoms with E-state index in [4.69, 9.17) is 4.74 Å². The quantitative estimate of drug-likeness (QED) is 0.763. The zero-order valence-corrected chi connectivity index (χ0v) is 14.4. The molecule has 0 saturated carbocycles. The fraction of sp³-hybridized carbons (Fsp3) is 0.158. The molecule has 0 atom stereocenters. The van der Waals surface area contributed by atoms with Crippen LogP contribution >= 0.6 is 11.3 Å². The van der Waals surface area contributed by atoms with Crippen LogP contribution in [0.15, 0.2) is 53.9 Å². The minimum atomic E-state index is -0.136. The van der Waals surface area contributed by atoms with Crippen molar-refractivity contribution in [3.05, 3.63) is 70.7 Å². The number of pyridine rings is 1. The van der Waals surface area contributed by atoms with Gasteiger partial charge in [0.1, 0.15) is 5.75 Å². The summed E-state index contributed by atoms with van der Waals surface area (Å²) in [5.74, 6) is 0.629. The maximum absolute atomic E-state index is 12.4. The third-order valence-electron chi connectivity index (χ3n) is 3.74. The Morgan fingerprint density at radius 2 is 2.00 bits per heavy atom. The van der Waals surface area contributed by atoms with Crippen molar-refractivity contribution in [1.29, 1.82) is 0 Å². The van der Waals surface area contributed by atoms with Crippen molar-refractivity contribution in [2.45, 2.75) is 13.5 Å². The second-order valence-corrected chi connectivity index (χ2v) is 6.25. The number of nitrogens with zero attached hydrogens (tertiary/aromatic N) is 1. The molecule has 24 heavy (non-hydrogen) atoms. The lowest BCUT2D eigenvalue weighted by Crippen LogP contribution is -2.24. The number of hydrogen-bond donors (Lipinski definition) is 1. The van der Waals surface area contributed by atoms with Crippen molar-refractivity contribution in [3.63, 3.8) is 0 Å². The van der Waals surface area contributed by atoms with Crippen LogP contribution in [0.25, 0.3) is 10.6 Å². The first-order valence-electron chi connectivity index (χ1n) is 7.60. The molecule has 122 valence electrons. The number of aromatic nitrogens is 1. The molecular weight excluding hydrogens is 320 g/mol. The highest BCUT2D eigenvalue weighted by atomic mass is 32.1. The van der Waals surface area contributed by atoms with Gasteiger partial charge < -0.3 is 10.1 Å². The molecule has 0 bridgehead atoms. The topological polar surface area (TPSA) is 51.2 Å². The largest absolute Gasteiger partial charge is 0.496 e. The van der Waals surface area contributed by atoms with Gasteiger partial charge in [-0.1, -0.05) is 24.3 Å². The van der Waals surface area contributed by atoms with Crippen molar-refractivity contribution in [1.82, 2.24) is 10.3 Å². The lowest BCUT2D eigenvalue weighted by Gasteiger charge is -2.11. The van der Waals surface area contributed by atoms with Gasteiger partial charge in [-0.15, -0.1) is 11.3 Å². The summed E-state index contributed by atoms with van der Waals surface area (Å²) in [7, 11) is 1.62. The van der Waals surface area contributed by atoms with Gasteiger partial charge in [-0.3, -0.25) is 9.78 Å². The molecule has 2 aromatic heterocycles. The first kappa shape index (κ1) is 16.2. The molecule has 3 aromatic rings. The molecule has 0 spiro atoms. The second-order valence-electron chi connectivity index (χ2n) is 5.30. The fourth-order valence-electron chi connectivity index (χ4n) is 2.48. The van der Waals surface area contributed by atoms with Gasteiger partial charge in [0.2, 0.25) is 0 Å². The number of thiophene rings is 1. The van der Waals surface area contributed by atoms with E-state index in [1.165, 1.54) is 0 Å². The Kier molecular flexibility index (Phi) is 4.91. The summed E-state index contributed by atoms with van der Waals surface area (Å²) >= 11 is 1.63. The maximum atomic E-state index is 12.4. The summed E-state index contributed by atoms with van der Waals surface area (Å²) in [6, 6.07) is 15.4. The van der Waals surface area contributed by atoms with Gasteiger partial charge in [0, 0.05) is 12.1 Å². The number of aryl methyl sites for hydroxylation is 1. The van der Waals surface area contributed by atoms with Gasteiger partial charge in [0.15, 0.2) is 0 Å². The standard InChI is InChI=1S/C19H18N2O2S/c1-13-15(9-10-16(21-13)18-8-5-11-24-18)19(22)20-12-14-6-3-4-7-17(14)23-2/h3-11H,12H2,1-2H3,(H,20,22). The first-order valence-corrected chi connectivity index (χ1v) is 8.48. The van der Waals surface area contributed by atoms with E-state index in [1.807, 2.05) is 60.8 Å². The number of benzene rings is 1. The van der Waals surface area contributed by atoms with Gasteiger partial charge in [-0.2, -0.15) is 0 Å². The van der Waals surface area contributed by atoms with E-state index in [0.717, 1.165) is 27.6 Å². The Labute approximate surface area is 145 Å². The molecule has 0 radical (unpaired) electrons. The lowest BCUT2D eigenvalue weighted by molar-refractivity contribution is 0.0949. The van der Waals surface area contributed by atoms with Crippen LogP contribution in [0.2, 0.25) is 0 Å². The van der Waals surface area contributed by atoms with E-state index in [1.54, 1.807) is 18.4 Å². The summed E-state index contributed by atoms with van der Waals surface area (Å²) in [4.78, 5) is 18.1. The van der Waals surface area contributed by atoms with Crippen LogP contribution in [0, 0.1) is 6.92 Å². The molecule has 0 aliphatic heterocycles. The molecule has 1 N–H and O–H groups in total. The van der Waals surface area contributed by atoms with Gasteiger partial charge in [-0.25, -0.2) is 0 Å². The van der Waals surface area contributed by atoms with E-state index >= 15 is 0 Å². The zero-order valence-electron chi connectivity index (χ0n) is 13.6. The molecule has 0 aliphatic carbocycles. The summed E-state index contributed by atoms with van der Waals surface area (Å²) in [6.07, 6.45) is 0. The molecule has 2 heterocycles. The Morgan fingerprint density at radius 1 is 1.17 bits per heavy atom. The molecule has 0 aliphatic rings. The first-order chi connectivity index (χ1) is 11.7. The second kappa shape index (κ2) is 7.27. The SMILES string of the molecule is COc1ccccc1CNC(=O)c1ccc(-c2cccs2)nc1C. The Hall–Kier alpha value is -2.66. The Morgan fingerprint density at radius 3 is 2.71 bits per heavy atom. The highest BCUT2D eigenvalue weighted by molar-refractivity contribution is 7.13. The van der Waals surface area contributed by atoms with Crippen molar-refractivity contribution in [2.75, 3.05) is 7.11 Å². The highest BCUT2D eigenvalue weighted by Crippen LogP contribution is 2.24. The zero-order chi connectivity index (χ0) is 16.9. The van der Waals surface area contributed by atoms with Gasteiger partial charge in [-0.05, 0) is 36.6 Å². The van der Waals surface area contributed by atoms with E-state index < -0.39 is 0 Å². The summed E-state index contributed by atoms with van der Waals surface area (Å²) < 4.78 is 5.30. The van der Waals surface area contributed by atoms with E-state index in [2.05, 4.69) is 10.3 Å². The van der Waals surface area contributed by atoms with Gasteiger partial charge >= 0.3 is 0 Å². The number of carbonyl (C=O) groups is 1. The number of hydrogen-bond acceptors (Lipinski definition) is 4. The minimum absolute atomic E-state index is 0.136. The molecule has 5 heteroatoms. The predicted molar refractivity (Wildman–Crippen MR) is 96.5 cm³/mol. The van der Waals surface area contributed by atoms with Crippen molar-refractivity contribution in [2.24, 2.45) is 0 Å². The average Bonchev–Trinajstić information content (AvgIpc) is 3.14. The van der Waals surface area contributed by atoms with Crippen LogP contribution in [-0.2, 0) is 6.54 Å². The third kappa shape index (κ3) is 3.46. The average molecular weight is 338 g/mol. The third-order valence-corrected chi connectivity index (χ3v) is 4.63. The van der Waals surface area contributed by atoms with Crippen LogP contribution < -0.4 is 10.1 Å². The molecule has 0 unspecified atom stereocenters. The monoisotopic (exact) mass is 338 g/mol. The van der Waals surface area contributed by atoms with Crippen LogP contribution in [0.1, 0.15) is 21.6 Å². The molecule has 4 nitrogen and oxygen atoms in total. The maximum Gasteiger partial charge on any atom is 0.253 e. The van der Waals surface area contributed by atoms with Crippen molar-refractivity contribution in [3.8, 4) is 16.3 Å². The summed E-state index contributed by atoms with van der Waals surface area (Å²) in [6.45, 7) is 2.27. The minimum Gasteiger partial charge on any atom is -0.496 e. The molecule has 1 aromatic carbocycles. The molecular formula is C19H18N2O2S. The number of amides is 1. The molecule has 1 amide bonds. The predicted octanol–water partition coefficient (Wildman–Crippen LogP) is 4.06. The van der Waals surface area contributed by atoms with Gasteiger partial charge in [0.05, 0.1) is 28.9 Å². The number of ether oxygens (including phenoxy) is 1. The van der Waals surface area contributed by atoms with Crippen molar-refractivity contribution >= 4 is 17.2 Å². The number of nitrogens with one attached hydrogen (secondary N) is 1. The fourth-order valence-corrected chi connectivity index (χ4v) is 3.18. The van der Waals surface area contributed by atoms with Crippen LogP contribution in [0.3, 0.4) is 0 Å². The van der Waals surface area contributed by atoms with E-state index in [-0.39, 0.29) is 5.91 Å². The van der Waals surface area contributed by atoms with Crippen LogP contribution in [0.4, 0.5) is 0 Å². The van der Waals surface area contributed by atoms with Gasteiger partial charge in [0.25, 0.3) is 5.91 Å². The smallest absolute Gasteiger partial charge is 0.253 e. The Bertz CT molecular complexity index is 844. The van der Waals surface area contributed by atoms with Crippen molar-refractivity contribution < 1.29 is 9.53 Å². The number of para-hydroxylation sites is 1. The molecule has 3 rings (SSSR count). The number of methoxy groups -OCH3 is 1. The highest BCUT2D eigenvalue weighted by Gasteiger charge is 2.12. The van der Waals surface area contributed by atoms with Crippen LogP contribution in [-0.4, -0.2) is 18.0 Å². The number of carbonyl (C=O) groups excluding carboxylic acids is 1. The number of rotatable bonds is 5. The molecule has 0 fully saturated rings. The summed E-state index contributed by atoms with van der Waals surface area (Å²) in [5.41, 5.74) is 3.14. The van der Waals surface area contributed by atoms with E-state index in [0.29, 0.717) is 12.1 Å². The Balaban J connectivity index is 1.73. The lowest BCUT2D eigenvalue weighted by atomic mass is 10.1. The van der Waals surface area contributed by atoms with Crippen LogP contribution in [0.5, 0.6) is 5.75 Å².